The molecule has 30 heavy (non-hydrogen) atoms. The molecule has 0 spiro atoms. The summed E-state index contributed by atoms with van der Waals surface area (Å²) in [5, 5.41) is 2.61. The van der Waals surface area contributed by atoms with Crippen molar-refractivity contribution in [1.29, 1.82) is 0 Å². The molecule has 2 aromatic carbocycles. The first-order valence-electron chi connectivity index (χ1n) is 9.20. The molecule has 1 atom stereocenters. The van der Waals surface area contributed by atoms with Crippen LogP contribution in [0.2, 0.25) is 0 Å². The van der Waals surface area contributed by atoms with Crippen molar-refractivity contribution in [1.82, 2.24) is 4.98 Å². The first-order chi connectivity index (χ1) is 14.5. The van der Waals surface area contributed by atoms with E-state index >= 15 is 0 Å². The molecule has 1 aliphatic carbocycles. The zero-order valence-electron chi connectivity index (χ0n) is 15.9. The summed E-state index contributed by atoms with van der Waals surface area (Å²) < 4.78 is 5.16. The fourth-order valence-corrected chi connectivity index (χ4v) is 3.19. The van der Waals surface area contributed by atoms with Gasteiger partial charge in [-0.1, -0.05) is 24.3 Å². The molecular weight excluding hydrogens is 384 g/mol. The zero-order chi connectivity index (χ0) is 21.3. The van der Waals surface area contributed by atoms with Crippen LogP contribution in [0.1, 0.15) is 49.1 Å². The number of nitrogens with zero attached hydrogens (tertiary/aromatic N) is 1. The summed E-state index contributed by atoms with van der Waals surface area (Å²) in [6.07, 6.45) is 1.79. The van der Waals surface area contributed by atoms with Crippen LogP contribution in [0.4, 0.5) is 5.69 Å². The fraction of sp³-hybridized carbons (Fsp3) is 0.0870. The summed E-state index contributed by atoms with van der Waals surface area (Å²) in [5.74, 6) is -1.76. The molecular formula is C23H16N2O5. The maximum Gasteiger partial charge on any atom is 0.340 e. The maximum atomic E-state index is 12.8. The normalized spacial score (nSPS) is 13.1. The van der Waals surface area contributed by atoms with Gasteiger partial charge in [0.05, 0.1) is 5.56 Å². The Morgan fingerprint density at radius 1 is 0.900 bits per heavy atom. The molecule has 1 heterocycles. The molecule has 1 N–H and O–H groups in total. The lowest BCUT2D eigenvalue weighted by Crippen LogP contribution is -2.30. The number of benzene rings is 2. The monoisotopic (exact) mass is 400 g/mol. The number of fused-ring (bicyclic) bond motifs is 2. The van der Waals surface area contributed by atoms with Crippen LogP contribution in [0, 0.1) is 0 Å². The Kier molecular flexibility index (Phi) is 4.93. The second kappa shape index (κ2) is 7.71. The Morgan fingerprint density at radius 3 is 2.23 bits per heavy atom. The molecule has 0 radical (unpaired) electrons. The van der Waals surface area contributed by atoms with Gasteiger partial charge in [0.1, 0.15) is 0 Å². The van der Waals surface area contributed by atoms with Crippen LogP contribution in [0.25, 0.3) is 0 Å². The second-order valence-corrected chi connectivity index (χ2v) is 6.74. The molecule has 1 aromatic heterocycles. The van der Waals surface area contributed by atoms with Gasteiger partial charge in [0, 0.05) is 40.3 Å². The SMILES string of the molecule is C[C@H](OC(=O)c1cccnc1)C(=O)Nc1ccc2c(c1)C(=O)c1ccccc1C2=O. The number of aromatic nitrogens is 1. The summed E-state index contributed by atoms with van der Waals surface area (Å²) in [7, 11) is 0. The summed E-state index contributed by atoms with van der Waals surface area (Å²) in [4.78, 5) is 53.8. The van der Waals surface area contributed by atoms with Gasteiger partial charge in [0.15, 0.2) is 17.7 Å². The summed E-state index contributed by atoms with van der Waals surface area (Å²) in [6, 6.07) is 14.2. The van der Waals surface area contributed by atoms with E-state index in [4.69, 9.17) is 4.74 Å². The highest BCUT2D eigenvalue weighted by molar-refractivity contribution is 6.28. The van der Waals surface area contributed by atoms with Crippen LogP contribution in [-0.4, -0.2) is 34.5 Å². The predicted molar refractivity (Wildman–Crippen MR) is 107 cm³/mol. The van der Waals surface area contributed by atoms with Gasteiger partial charge in [0.2, 0.25) is 0 Å². The van der Waals surface area contributed by atoms with Crippen molar-refractivity contribution in [2.75, 3.05) is 5.32 Å². The van der Waals surface area contributed by atoms with E-state index in [2.05, 4.69) is 10.3 Å². The third kappa shape index (κ3) is 3.48. The van der Waals surface area contributed by atoms with Crippen LogP contribution in [0.3, 0.4) is 0 Å². The van der Waals surface area contributed by atoms with Crippen LogP contribution in [0.5, 0.6) is 0 Å². The minimum atomic E-state index is -1.08. The lowest BCUT2D eigenvalue weighted by atomic mass is 9.84. The molecule has 148 valence electrons. The highest BCUT2D eigenvalue weighted by Crippen LogP contribution is 2.29. The quantitative estimate of drug-likeness (QED) is 0.528. The maximum absolute atomic E-state index is 12.8. The molecule has 0 aliphatic heterocycles. The van der Waals surface area contributed by atoms with Gasteiger partial charge < -0.3 is 10.1 Å². The number of anilines is 1. The van der Waals surface area contributed by atoms with E-state index < -0.39 is 18.0 Å². The van der Waals surface area contributed by atoms with Crippen molar-refractivity contribution in [3.63, 3.8) is 0 Å². The van der Waals surface area contributed by atoms with Gasteiger partial charge in [-0.15, -0.1) is 0 Å². The van der Waals surface area contributed by atoms with Crippen LogP contribution < -0.4 is 5.32 Å². The Balaban J connectivity index is 1.51. The van der Waals surface area contributed by atoms with Gasteiger partial charge in [0.25, 0.3) is 5.91 Å². The van der Waals surface area contributed by atoms with E-state index in [1.165, 1.54) is 43.6 Å². The van der Waals surface area contributed by atoms with Crippen molar-refractivity contribution in [3.05, 3.63) is 94.8 Å². The Labute approximate surface area is 171 Å². The average molecular weight is 400 g/mol. The van der Waals surface area contributed by atoms with Gasteiger partial charge in [-0.3, -0.25) is 19.4 Å². The number of esters is 1. The van der Waals surface area contributed by atoms with Crippen molar-refractivity contribution in [2.45, 2.75) is 13.0 Å². The van der Waals surface area contributed by atoms with E-state index in [9.17, 15) is 19.2 Å². The molecule has 1 amide bonds. The molecule has 0 fully saturated rings. The topological polar surface area (TPSA) is 102 Å². The van der Waals surface area contributed by atoms with Crippen molar-refractivity contribution >= 4 is 29.1 Å². The van der Waals surface area contributed by atoms with Crippen molar-refractivity contribution in [2.24, 2.45) is 0 Å². The van der Waals surface area contributed by atoms with E-state index in [-0.39, 0.29) is 28.3 Å². The van der Waals surface area contributed by atoms with Gasteiger partial charge >= 0.3 is 5.97 Å². The number of ketones is 2. The molecule has 4 rings (SSSR count). The highest BCUT2D eigenvalue weighted by atomic mass is 16.5. The number of nitrogens with one attached hydrogen (secondary N) is 1. The lowest BCUT2D eigenvalue weighted by molar-refractivity contribution is -0.123. The molecule has 0 unspecified atom stereocenters. The van der Waals surface area contributed by atoms with E-state index in [0.29, 0.717) is 16.8 Å². The third-order valence-electron chi connectivity index (χ3n) is 4.74. The summed E-state index contributed by atoms with van der Waals surface area (Å²) in [6.45, 7) is 1.44. The standard InChI is InChI=1S/C23H16N2O5/c1-13(30-23(29)14-5-4-10-24-12-14)22(28)25-15-8-9-18-19(11-15)21(27)17-7-3-2-6-16(17)20(18)26/h2-13H,1H3,(H,25,28)/t13-/m0/s1. The highest BCUT2D eigenvalue weighted by Gasteiger charge is 2.29. The molecule has 7 nitrogen and oxygen atoms in total. The molecule has 1 aliphatic rings. The minimum absolute atomic E-state index is 0.219. The predicted octanol–water partition coefficient (Wildman–Crippen LogP) is 3.04. The number of pyridine rings is 1. The van der Waals surface area contributed by atoms with Crippen LogP contribution in [0.15, 0.2) is 67.0 Å². The van der Waals surface area contributed by atoms with Gasteiger partial charge in [-0.05, 0) is 37.3 Å². The number of hydrogen-bond acceptors (Lipinski definition) is 6. The zero-order valence-corrected chi connectivity index (χ0v) is 15.9. The van der Waals surface area contributed by atoms with Gasteiger partial charge in [-0.2, -0.15) is 0 Å². The number of carbonyl (C=O) groups is 4. The molecule has 0 bridgehead atoms. The van der Waals surface area contributed by atoms with Crippen LogP contribution in [-0.2, 0) is 9.53 Å². The van der Waals surface area contributed by atoms with E-state index in [1.54, 1.807) is 30.3 Å². The minimum Gasteiger partial charge on any atom is -0.449 e. The average Bonchev–Trinajstić information content (AvgIpc) is 2.78. The first kappa shape index (κ1) is 19.2. The molecule has 3 aromatic rings. The second-order valence-electron chi connectivity index (χ2n) is 6.74. The number of rotatable bonds is 4. The molecule has 7 heteroatoms. The Morgan fingerprint density at radius 2 is 1.57 bits per heavy atom. The van der Waals surface area contributed by atoms with Crippen LogP contribution >= 0.6 is 0 Å². The Hall–Kier alpha value is -4.13. The molecule has 0 saturated carbocycles. The van der Waals surface area contributed by atoms with Crippen molar-refractivity contribution < 1.29 is 23.9 Å². The number of ether oxygens (including phenoxy) is 1. The largest absolute Gasteiger partial charge is 0.449 e. The molecule has 0 saturated heterocycles. The van der Waals surface area contributed by atoms with E-state index in [0.717, 1.165) is 0 Å². The fourth-order valence-electron chi connectivity index (χ4n) is 3.19. The number of amides is 1. The smallest absolute Gasteiger partial charge is 0.340 e. The Bertz CT molecular complexity index is 1190. The van der Waals surface area contributed by atoms with E-state index in [1.807, 2.05) is 0 Å². The summed E-state index contributed by atoms with van der Waals surface area (Å²) in [5.41, 5.74) is 1.75. The third-order valence-corrected chi connectivity index (χ3v) is 4.74. The lowest BCUT2D eigenvalue weighted by Gasteiger charge is -2.19. The first-order valence-corrected chi connectivity index (χ1v) is 9.20. The van der Waals surface area contributed by atoms with Crippen molar-refractivity contribution in [3.8, 4) is 0 Å². The summed E-state index contributed by atoms with van der Waals surface area (Å²) >= 11 is 0. The van der Waals surface area contributed by atoms with Gasteiger partial charge in [-0.25, -0.2) is 4.79 Å². The number of carbonyl (C=O) groups excluding carboxylic acids is 4. The number of hydrogen-bond donors (Lipinski definition) is 1.